The molecule has 2 aliphatic rings. The zero-order chi connectivity index (χ0) is 10.9. The summed E-state index contributed by atoms with van der Waals surface area (Å²) in [5.74, 6) is 0.700. The molecule has 15 heavy (non-hydrogen) atoms. The molecular formula is C13H25NO. The molecule has 0 aromatic rings. The fourth-order valence-electron chi connectivity index (χ4n) is 3.58. The van der Waals surface area contributed by atoms with Crippen molar-refractivity contribution in [1.29, 1.82) is 0 Å². The molecule has 1 heterocycles. The minimum atomic E-state index is 0.103. The second kappa shape index (κ2) is 4.06. The van der Waals surface area contributed by atoms with Crippen LogP contribution >= 0.6 is 0 Å². The maximum Gasteiger partial charge on any atom is 0.0469 e. The summed E-state index contributed by atoms with van der Waals surface area (Å²) in [6.45, 7) is 6.58. The Bertz CT molecular complexity index is 221. The van der Waals surface area contributed by atoms with Gasteiger partial charge in [-0.2, -0.15) is 0 Å². The van der Waals surface area contributed by atoms with Crippen molar-refractivity contribution in [2.45, 2.75) is 57.9 Å². The summed E-state index contributed by atoms with van der Waals surface area (Å²) in [6.07, 6.45) is 7.42. The fraction of sp³-hybridized carbons (Fsp3) is 1.00. The number of nitrogens with two attached hydrogens (primary N) is 1. The molecule has 0 aromatic carbocycles. The third kappa shape index (κ3) is 2.54. The summed E-state index contributed by atoms with van der Waals surface area (Å²) in [6, 6.07) is 0. The number of hydrogen-bond donors (Lipinski definition) is 1. The number of hydrogen-bond acceptors (Lipinski definition) is 2. The quantitative estimate of drug-likeness (QED) is 0.724. The van der Waals surface area contributed by atoms with Crippen LogP contribution in [0.1, 0.15) is 52.4 Å². The highest BCUT2D eigenvalue weighted by atomic mass is 16.5. The number of ether oxygens (including phenoxy) is 1. The highest BCUT2D eigenvalue weighted by Crippen LogP contribution is 2.45. The number of rotatable bonds is 1. The first-order valence-corrected chi connectivity index (χ1v) is 6.39. The lowest BCUT2D eigenvalue weighted by Crippen LogP contribution is -2.53. The molecule has 0 radical (unpaired) electrons. The molecule has 1 saturated heterocycles. The van der Waals surface area contributed by atoms with Gasteiger partial charge in [0.1, 0.15) is 0 Å². The lowest BCUT2D eigenvalue weighted by Gasteiger charge is -2.48. The van der Waals surface area contributed by atoms with Crippen molar-refractivity contribution in [3.8, 4) is 0 Å². The maximum atomic E-state index is 6.65. The fourth-order valence-corrected chi connectivity index (χ4v) is 3.58. The van der Waals surface area contributed by atoms with Crippen molar-refractivity contribution < 1.29 is 4.74 Å². The van der Waals surface area contributed by atoms with Crippen molar-refractivity contribution in [3.05, 3.63) is 0 Å². The zero-order valence-corrected chi connectivity index (χ0v) is 10.2. The van der Waals surface area contributed by atoms with Crippen molar-refractivity contribution >= 4 is 0 Å². The van der Waals surface area contributed by atoms with E-state index in [9.17, 15) is 0 Å². The van der Waals surface area contributed by atoms with Gasteiger partial charge in [-0.3, -0.25) is 0 Å². The summed E-state index contributed by atoms with van der Waals surface area (Å²) in [5, 5.41) is 0. The van der Waals surface area contributed by atoms with Crippen molar-refractivity contribution in [3.63, 3.8) is 0 Å². The molecule has 0 aromatic heterocycles. The van der Waals surface area contributed by atoms with Crippen LogP contribution in [0.25, 0.3) is 0 Å². The van der Waals surface area contributed by atoms with Crippen LogP contribution in [-0.4, -0.2) is 18.8 Å². The minimum absolute atomic E-state index is 0.103. The van der Waals surface area contributed by atoms with Gasteiger partial charge in [-0.05, 0) is 43.4 Å². The maximum absolute atomic E-state index is 6.65. The van der Waals surface area contributed by atoms with Gasteiger partial charge in [0.25, 0.3) is 0 Å². The van der Waals surface area contributed by atoms with E-state index in [2.05, 4.69) is 13.8 Å². The highest BCUT2D eigenvalue weighted by molar-refractivity contribution is 4.99. The van der Waals surface area contributed by atoms with E-state index in [1.165, 1.54) is 38.5 Å². The molecule has 1 aliphatic heterocycles. The van der Waals surface area contributed by atoms with Gasteiger partial charge in [0.05, 0.1) is 0 Å². The molecule has 0 amide bonds. The normalized spacial score (nSPS) is 37.8. The Morgan fingerprint density at radius 1 is 1.13 bits per heavy atom. The third-order valence-corrected chi connectivity index (χ3v) is 4.34. The lowest BCUT2D eigenvalue weighted by molar-refractivity contribution is 0.00997. The summed E-state index contributed by atoms with van der Waals surface area (Å²) in [5.41, 5.74) is 7.21. The van der Waals surface area contributed by atoms with E-state index < -0.39 is 0 Å². The second-order valence-corrected chi connectivity index (χ2v) is 6.31. The van der Waals surface area contributed by atoms with Crippen molar-refractivity contribution in [1.82, 2.24) is 0 Å². The molecule has 2 nitrogen and oxygen atoms in total. The first-order valence-electron chi connectivity index (χ1n) is 6.39. The average Bonchev–Trinajstić information content (AvgIpc) is 2.17. The van der Waals surface area contributed by atoms with Gasteiger partial charge >= 0.3 is 0 Å². The van der Waals surface area contributed by atoms with Crippen LogP contribution in [0.2, 0.25) is 0 Å². The molecule has 2 rings (SSSR count). The Kier molecular flexibility index (Phi) is 3.09. The van der Waals surface area contributed by atoms with Crippen LogP contribution < -0.4 is 5.73 Å². The minimum Gasteiger partial charge on any atom is -0.381 e. The Morgan fingerprint density at radius 3 is 2.40 bits per heavy atom. The van der Waals surface area contributed by atoms with Crippen molar-refractivity contribution in [2.75, 3.05) is 13.2 Å². The molecule has 88 valence electrons. The lowest BCUT2D eigenvalue weighted by atomic mass is 9.62. The monoisotopic (exact) mass is 211 g/mol. The summed E-state index contributed by atoms with van der Waals surface area (Å²) >= 11 is 0. The van der Waals surface area contributed by atoms with Crippen LogP contribution in [0.4, 0.5) is 0 Å². The van der Waals surface area contributed by atoms with E-state index in [1.54, 1.807) is 0 Å². The highest BCUT2D eigenvalue weighted by Gasteiger charge is 2.42. The molecular weight excluding hydrogens is 186 g/mol. The molecule has 2 fully saturated rings. The van der Waals surface area contributed by atoms with E-state index in [4.69, 9.17) is 10.5 Å². The third-order valence-electron chi connectivity index (χ3n) is 4.34. The molecule has 2 heteroatoms. The Morgan fingerprint density at radius 2 is 1.80 bits per heavy atom. The van der Waals surface area contributed by atoms with Crippen LogP contribution in [0.15, 0.2) is 0 Å². The van der Waals surface area contributed by atoms with Gasteiger partial charge in [-0.1, -0.05) is 20.3 Å². The van der Waals surface area contributed by atoms with Crippen LogP contribution in [0.3, 0.4) is 0 Å². The first kappa shape index (κ1) is 11.4. The summed E-state index contributed by atoms with van der Waals surface area (Å²) < 4.78 is 5.43. The van der Waals surface area contributed by atoms with Gasteiger partial charge in [-0.15, -0.1) is 0 Å². The Hall–Kier alpha value is -0.0800. The smallest absolute Gasteiger partial charge is 0.0469 e. The topological polar surface area (TPSA) is 35.2 Å². The second-order valence-electron chi connectivity index (χ2n) is 6.31. The van der Waals surface area contributed by atoms with E-state index in [0.717, 1.165) is 13.2 Å². The molecule has 0 spiro atoms. The van der Waals surface area contributed by atoms with Gasteiger partial charge in [0, 0.05) is 18.8 Å². The van der Waals surface area contributed by atoms with Gasteiger partial charge in [0.2, 0.25) is 0 Å². The van der Waals surface area contributed by atoms with Gasteiger partial charge in [0.15, 0.2) is 0 Å². The summed E-state index contributed by atoms with van der Waals surface area (Å²) in [4.78, 5) is 0. The van der Waals surface area contributed by atoms with E-state index in [0.29, 0.717) is 11.3 Å². The standard InChI is InChI=1S/C13H25NO/c1-12(2)6-3-7-13(14,10-12)11-4-8-15-9-5-11/h11H,3-10,14H2,1-2H3. The average molecular weight is 211 g/mol. The van der Waals surface area contributed by atoms with E-state index in [-0.39, 0.29) is 5.54 Å². The molecule has 1 unspecified atom stereocenters. The van der Waals surface area contributed by atoms with E-state index in [1.807, 2.05) is 0 Å². The molecule has 1 aliphatic carbocycles. The summed E-state index contributed by atoms with van der Waals surface area (Å²) in [7, 11) is 0. The molecule has 2 N–H and O–H groups in total. The Balaban J connectivity index is 2.04. The van der Waals surface area contributed by atoms with E-state index >= 15 is 0 Å². The van der Waals surface area contributed by atoms with Crippen LogP contribution in [0, 0.1) is 11.3 Å². The largest absolute Gasteiger partial charge is 0.381 e. The van der Waals surface area contributed by atoms with Crippen molar-refractivity contribution in [2.24, 2.45) is 17.1 Å². The van der Waals surface area contributed by atoms with Crippen LogP contribution in [0.5, 0.6) is 0 Å². The molecule has 0 bridgehead atoms. The van der Waals surface area contributed by atoms with Gasteiger partial charge in [-0.25, -0.2) is 0 Å². The van der Waals surface area contributed by atoms with Gasteiger partial charge < -0.3 is 10.5 Å². The molecule has 1 atom stereocenters. The zero-order valence-electron chi connectivity index (χ0n) is 10.2. The van der Waals surface area contributed by atoms with Crippen LogP contribution in [-0.2, 0) is 4.74 Å². The molecule has 1 saturated carbocycles. The Labute approximate surface area is 93.6 Å². The first-order chi connectivity index (χ1) is 7.02. The SMILES string of the molecule is CC1(C)CCCC(N)(C2CCOCC2)C1. The predicted molar refractivity (Wildman–Crippen MR) is 62.7 cm³/mol. The predicted octanol–water partition coefficient (Wildman–Crippen LogP) is 2.71.